The summed E-state index contributed by atoms with van der Waals surface area (Å²) in [7, 11) is 0. The number of fused-ring (bicyclic) bond motifs is 4. The molecule has 2 aliphatic rings. The van der Waals surface area contributed by atoms with E-state index < -0.39 is 0 Å². The molecule has 0 bridgehead atoms. The van der Waals surface area contributed by atoms with E-state index >= 15 is 0 Å². The van der Waals surface area contributed by atoms with Crippen LogP contribution in [0.2, 0.25) is 5.02 Å². The summed E-state index contributed by atoms with van der Waals surface area (Å²) in [6.07, 6.45) is 5.26. The quantitative estimate of drug-likeness (QED) is 0.662. The maximum Gasteiger partial charge on any atom is 0.220 e. The fourth-order valence-electron chi connectivity index (χ4n) is 4.52. The first-order valence-electron chi connectivity index (χ1n) is 10.0. The third-order valence-corrected chi connectivity index (χ3v) is 6.24. The van der Waals surface area contributed by atoms with Gasteiger partial charge in [-0.25, -0.2) is 0 Å². The molecule has 5 heteroatoms. The lowest BCUT2D eigenvalue weighted by atomic mass is 9.91. The largest absolute Gasteiger partial charge is 0.493 e. The lowest BCUT2D eigenvalue weighted by molar-refractivity contribution is -0.121. The second-order valence-electron chi connectivity index (χ2n) is 7.73. The molecule has 0 saturated carbocycles. The van der Waals surface area contributed by atoms with Crippen LogP contribution in [0.3, 0.4) is 0 Å². The van der Waals surface area contributed by atoms with Gasteiger partial charge in [-0.2, -0.15) is 0 Å². The van der Waals surface area contributed by atoms with E-state index in [1.165, 1.54) is 22.1 Å². The summed E-state index contributed by atoms with van der Waals surface area (Å²) in [6.45, 7) is 0.762. The highest BCUT2D eigenvalue weighted by Crippen LogP contribution is 2.37. The van der Waals surface area contributed by atoms with Gasteiger partial charge in [0.2, 0.25) is 5.91 Å². The van der Waals surface area contributed by atoms with E-state index in [-0.39, 0.29) is 11.9 Å². The van der Waals surface area contributed by atoms with Crippen molar-refractivity contribution in [3.8, 4) is 5.75 Å². The molecule has 0 radical (unpaired) electrons. The number of nitrogens with one attached hydrogen (secondary N) is 2. The van der Waals surface area contributed by atoms with Crippen molar-refractivity contribution < 1.29 is 9.53 Å². The molecule has 2 aromatic carbocycles. The predicted octanol–water partition coefficient (Wildman–Crippen LogP) is 4.88. The highest BCUT2D eigenvalue weighted by Gasteiger charge is 2.26. The third-order valence-electron chi connectivity index (χ3n) is 5.92. The Labute approximate surface area is 169 Å². The zero-order valence-corrected chi connectivity index (χ0v) is 16.4. The van der Waals surface area contributed by atoms with Gasteiger partial charge in [0.15, 0.2) is 0 Å². The number of aryl methyl sites for hydroxylation is 2. The zero-order chi connectivity index (χ0) is 19.1. The summed E-state index contributed by atoms with van der Waals surface area (Å²) < 4.78 is 5.55. The maximum atomic E-state index is 12.6. The Balaban J connectivity index is 1.28. The van der Waals surface area contributed by atoms with E-state index in [1.807, 2.05) is 18.2 Å². The van der Waals surface area contributed by atoms with Crippen LogP contribution in [-0.4, -0.2) is 17.5 Å². The monoisotopic (exact) mass is 394 g/mol. The first kappa shape index (κ1) is 17.6. The summed E-state index contributed by atoms with van der Waals surface area (Å²) in [4.78, 5) is 16.1. The van der Waals surface area contributed by atoms with E-state index in [9.17, 15) is 4.79 Å². The van der Waals surface area contributed by atoms with Gasteiger partial charge in [0, 0.05) is 23.9 Å². The third kappa shape index (κ3) is 3.16. The maximum absolute atomic E-state index is 12.6. The number of hydrogen-bond acceptors (Lipinski definition) is 2. The van der Waals surface area contributed by atoms with E-state index in [0.29, 0.717) is 6.42 Å². The average molecular weight is 395 g/mol. The summed E-state index contributed by atoms with van der Waals surface area (Å²) in [5, 5.41) is 5.16. The standard InChI is InChI=1S/C23H23ClN2O2/c24-18-5-1-3-16-17-4-2-6-19(23(17)26-22(16)18)25-21(27)10-8-14-7-9-20-15(13-14)11-12-28-20/h1,3,5,7,9,13,19,26H,2,4,6,8,10-12H2,(H,25,27). The number of rotatable bonds is 4. The molecular weight excluding hydrogens is 372 g/mol. The van der Waals surface area contributed by atoms with Gasteiger partial charge >= 0.3 is 0 Å². The SMILES string of the molecule is O=C(CCc1ccc2c(c1)CCO2)NC1CCCc2c1[nH]c1c(Cl)cccc21. The first-order valence-corrected chi connectivity index (χ1v) is 10.4. The average Bonchev–Trinajstić information content (AvgIpc) is 3.32. The van der Waals surface area contributed by atoms with Gasteiger partial charge in [-0.3, -0.25) is 4.79 Å². The number of ether oxygens (including phenoxy) is 1. The van der Waals surface area contributed by atoms with Crippen LogP contribution in [0.25, 0.3) is 10.9 Å². The summed E-state index contributed by atoms with van der Waals surface area (Å²) in [5.74, 6) is 1.08. The van der Waals surface area contributed by atoms with Crippen LogP contribution in [-0.2, 0) is 24.1 Å². The van der Waals surface area contributed by atoms with Crippen LogP contribution in [0.15, 0.2) is 36.4 Å². The minimum absolute atomic E-state index is 0.0353. The van der Waals surface area contributed by atoms with Crippen molar-refractivity contribution in [2.45, 2.75) is 44.6 Å². The highest BCUT2D eigenvalue weighted by molar-refractivity contribution is 6.35. The molecule has 0 spiro atoms. The van der Waals surface area contributed by atoms with E-state index in [1.54, 1.807) is 0 Å². The van der Waals surface area contributed by atoms with Crippen molar-refractivity contribution in [2.24, 2.45) is 0 Å². The number of aromatic nitrogens is 1. The molecule has 1 aromatic heterocycles. The Morgan fingerprint density at radius 1 is 1.25 bits per heavy atom. The predicted molar refractivity (Wildman–Crippen MR) is 111 cm³/mol. The summed E-state index contributed by atoms with van der Waals surface area (Å²) in [6, 6.07) is 12.3. The van der Waals surface area contributed by atoms with E-state index in [0.717, 1.165) is 60.7 Å². The molecule has 2 heterocycles. The molecule has 28 heavy (non-hydrogen) atoms. The number of hydrogen-bond donors (Lipinski definition) is 2. The van der Waals surface area contributed by atoms with Crippen LogP contribution >= 0.6 is 11.6 Å². The number of carbonyl (C=O) groups excluding carboxylic acids is 1. The molecule has 144 valence electrons. The molecule has 1 aliphatic carbocycles. The molecule has 5 rings (SSSR count). The Bertz CT molecular complexity index is 1060. The second kappa shape index (κ2) is 7.17. The van der Waals surface area contributed by atoms with Crippen molar-refractivity contribution in [3.05, 3.63) is 63.8 Å². The van der Waals surface area contributed by atoms with Crippen LogP contribution in [0.1, 0.15) is 47.7 Å². The van der Waals surface area contributed by atoms with Gasteiger partial charge in [-0.05, 0) is 54.5 Å². The topological polar surface area (TPSA) is 54.1 Å². The molecular formula is C23H23ClN2O2. The second-order valence-corrected chi connectivity index (χ2v) is 8.14. The van der Waals surface area contributed by atoms with Crippen LogP contribution in [0.5, 0.6) is 5.75 Å². The molecule has 3 aromatic rings. The van der Waals surface area contributed by atoms with Gasteiger partial charge in [-0.1, -0.05) is 35.9 Å². The van der Waals surface area contributed by atoms with Crippen LogP contribution in [0, 0.1) is 0 Å². The lowest BCUT2D eigenvalue weighted by Crippen LogP contribution is -2.31. The summed E-state index contributed by atoms with van der Waals surface area (Å²) >= 11 is 6.36. The van der Waals surface area contributed by atoms with E-state index in [4.69, 9.17) is 16.3 Å². The number of amides is 1. The number of aromatic amines is 1. The van der Waals surface area contributed by atoms with Crippen LogP contribution < -0.4 is 10.1 Å². The number of carbonyl (C=O) groups is 1. The number of H-pyrrole nitrogens is 1. The van der Waals surface area contributed by atoms with Crippen molar-refractivity contribution in [1.82, 2.24) is 10.3 Å². The minimum atomic E-state index is 0.0353. The molecule has 2 N–H and O–H groups in total. The molecule has 0 saturated heterocycles. The molecule has 1 aliphatic heterocycles. The normalized spacial score (nSPS) is 17.8. The van der Waals surface area contributed by atoms with Gasteiger partial charge < -0.3 is 15.0 Å². The van der Waals surface area contributed by atoms with E-state index in [2.05, 4.69) is 28.5 Å². The lowest BCUT2D eigenvalue weighted by Gasteiger charge is -2.24. The van der Waals surface area contributed by atoms with Gasteiger partial charge in [0.05, 0.1) is 23.2 Å². The van der Waals surface area contributed by atoms with Crippen molar-refractivity contribution in [3.63, 3.8) is 0 Å². The number of benzene rings is 2. The van der Waals surface area contributed by atoms with Gasteiger partial charge in [0.1, 0.15) is 5.75 Å². The highest BCUT2D eigenvalue weighted by atomic mass is 35.5. The molecule has 1 unspecified atom stereocenters. The Kier molecular flexibility index (Phi) is 4.52. The molecule has 1 amide bonds. The zero-order valence-electron chi connectivity index (χ0n) is 15.7. The van der Waals surface area contributed by atoms with Gasteiger partial charge in [-0.15, -0.1) is 0 Å². The Morgan fingerprint density at radius 2 is 2.18 bits per heavy atom. The first-order chi connectivity index (χ1) is 13.7. The fraction of sp³-hybridized carbons (Fsp3) is 0.348. The Morgan fingerprint density at radius 3 is 3.11 bits per heavy atom. The fourth-order valence-corrected chi connectivity index (χ4v) is 4.74. The van der Waals surface area contributed by atoms with Crippen molar-refractivity contribution in [2.75, 3.05) is 6.61 Å². The van der Waals surface area contributed by atoms with Crippen molar-refractivity contribution >= 4 is 28.4 Å². The van der Waals surface area contributed by atoms with Crippen molar-refractivity contribution in [1.29, 1.82) is 0 Å². The Hall–Kier alpha value is -2.46. The van der Waals surface area contributed by atoms with Gasteiger partial charge in [0.25, 0.3) is 0 Å². The minimum Gasteiger partial charge on any atom is -0.493 e. The van der Waals surface area contributed by atoms with Crippen LogP contribution in [0.4, 0.5) is 0 Å². The number of halogens is 1. The molecule has 4 nitrogen and oxygen atoms in total. The molecule has 0 fully saturated rings. The summed E-state index contributed by atoms with van der Waals surface area (Å²) in [5.41, 5.74) is 5.85. The smallest absolute Gasteiger partial charge is 0.220 e. The number of para-hydroxylation sites is 1. The molecule has 1 atom stereocenters.